The normalized spacial score (nSPS) is 12.8. The van der Waals surface area contributed by atoms with Crippen molar-refractivity contribution in [3.63, 3.8) is 0 Å². The Kier molecular flexibility index (Phi) is 5.68. The molecule has 1 atom stereocenters. The summed E-state index contributed by atoms with van der Waals surface area (Å²) >= 11 is 0. The van der Waals surface area contributed by atoms with Gasteiger partial charge in [-0.25, -0.2) is 23.5 Å². The summed E-state index contributed by atoms with van der Waals surface area (Å²) in [4.78, 5) is 8.32. The summed E-state index contributed by atoms with van der Waals surface area (Å²) in [6.45, 7) is 1.88. The molecule has 1 aromatic carbocycles. The van der Waals surface area contributed by atoms with Crippen molar-refractivity contribution in [2.45, 2.75) is 31.4 Å². The molecule has 0 aliphatic carbocycles. The van der Waals surface area contributed by atoms with E-state index in [1.165, 1.54) is 0 Å². The summed E-state index contributed by atoms with van der Waals surface area (Å²) in [7, 11) is -2.06. The minimum atomic E-state index is -3.66. The van der Waals surface area contributed by atoms with E-state index in [9.17, 15) is 8.42 Å². The van der Waals surface area contributed by atoms with Crippen LogP contribution in [0.25, 0.3) is 0 Å². The monoisotopic (exact) mass is 335 g/mol. The van der Waals surface area contributed by atoms with Gasteiger partial charge in [0, 0.05) is 18.8 Å². The number of rotatable bonds is 7. The van der Waals surface area contributed by atoms with Crippen LogP contribution in [-0.2, 0) is 22.9 Å². The zero-order valence-electron chi connectivity index (χ0n) is 13.3. The Bertz CT molecular complexity index is 728. The Hall–Kier alpha value is -1.99. The SMILES string of the molecule is COc1ccc(CCC(Cc2ncc(C)cn2)S(N)(=O)=O)cc1. The first-order chi connectivity index (χ1) is 10.9. The average molecular weight is 335 g/mol. The number of benzene rings is 1. The van der Waals surface area contributed by atoms with Gasteiger partial charge < -0.3 is 4.74 Å². The Morgan fingerprint density at radius 3 is 2.30 bits per heavy atom. The minimum absolute atomic E-state index is 0.218. The number of hydrogen-bond acceptors (Lipinski definition) is 5. The number of aryl methyl sites for hydroxylation is 2. The van der Waals surface area contributed by atoms with Crippen LogP contribution in [0.1, 0.15) is 23.4 Å². The molecule has 23 heavy (non-hydrogen) atoms. The number of aromatic nitrogens is 2. The fourth-order valence-electron chi connectivity index (χ4n) is 2.23. The molecule has 1 unspecified atom stereocenters. The first-order valence-corrected chi connectivity index (χ1v) is 8.91. The second kappa shape index (κ2) is 7.52. The molecule has 0 aliphatic rings. The molecule has 124 valence electrons. The van der Waals surface area contributed by atoms with E-state index in [2.05, 4.69) is 9.97 Å². The maximum absolute atomic E-state index is 11.8. The van der Waals surface area contributed by atoms with Gasteiger partial charge in [0.25, 0.3) is 0 Å². The summed E-state index contributed by atoms with van der Waals surface area (Å²) in [5.74, 6) is 1.26. The van der Waals surface area contributed by atoms with Crippen LogP contribution in [0.2, 0.25) is 0 Å². The molecule has 2 rings (SSSR count). The molecule has 1 heterocycles. The molecule has 0 radical (unpaired) electrons. The van der Waals surface area contributed by atoms with Crippen molar-refractivity contribution in [1.29, 1.82) is 0 Å². The molecule has 0 bridgehead atoms. The van der Waals surface area contributed by atoms with Crippen LogP contribution >= 0.6 is 0 Å². The maximum Gasteiger partial charge on any atom is 0.212 e. The molecule has 7 heteroatoms. The van der Waals surface area contributed by atoms with E-state index >= 15 is 0 Å². The quantitative estimate of drug-likeness (QED) is 0.829. The van der Waals surface area contributed by atoms with Crippen LogP contribution in [-0.4, -0.2) is 30.7 Å². The number of sulfonamides is 1. The lowest BCUT2D eigenvalue weighted by molar-refractivity contribution is 0.414. The van der Waals surface area contributed by atoms with Crippen molar-refractivity contribution < 1.29 is 13.2 Å². The lowest BCUT2D eigenvalue weighted by Gasteiger charge is -2.14. The summed E-state index contributed by atoms with van der Waals surface area (Å²) in [5, 5.41) is 4.66. The molecule has 1 aromatic heterocycles. The molecule has 2 aromatic rings. The first-order valence-electron chi connectivity index (χ1n) is 7.30. The molecule has 0 amide bonds. The highest BCUT2D eigenvalue weighted by molar-refractivity contribution is 7.89. The van der Waals surface area contributed by atoms with Gasteiger partial charge in [0.05, 0.1) is 12.4 Å². The van der Waals surface area contributed by atoms with E-state index in [0.29, 0.717) is 18.7 Å². The number of primary sulfonamides is 1. The fourth-order valence-corrected chi connectivity index (χ4v) is 3.06. The van der Waals surface area contributed by atoms with Gasteiger partial charge in [0.2, 0.25) is 10.0 Å². The van der Waals surface area contributed by atoms with Crippen molar-refractivity contribution in [3.05, 3.63) is 53.6 Å². The topological polar surface area (TPSA) is 95.2 Å². The van der Waals surface area contributed by atoms with Crippen molar-refractivity contribution >= 4 is 10.0 Å². The zero-order chi connectivity index (χ0) is 16.9. The van der Waals surface area contributed by atoms with Gasteiger partial charge in [-0.05, 0) is 43.0 Å². The molecular weight excluding hydrogens is 314 g/mol. The number of nitrogens with zero attached hydrogens (tertiary/aromatic N) is 2. The number of methoxy groups -OCH3 is 1. The summed E-state index contributed by atoms with van der Waals surface area (Å²) < 4.78 is 28.8. The Labute approximate surface area is 136 Å². The molecule has 0 saturated carbocycles. The molecule has 0 fully saturated rings. The van der Waals surface area contributed by atoms with E-state index in [0.717, 1.165) is 16.9 Å². The second-order valence-corrected chi connectivity index (χ2v) is 7.32. The number of hydrogen-bond donors (Lipinski definition) is 1. The van der Waals surface area contributed by atoms with Crippen molar-refractivity contribution in [2.75, 3.05) is 7.11 Å². The summed E-state index contributed by atoms with van der Waals surface area (Å²) in [5.41, 5.74) is 1.96. The molecule has 0 aliphatic heterocycles. The molecule has 0 spiro atoms. The maximum atomic E-state index is 11.8. The van der Waals surface area contributed by atoms with Crippen LogP contribution in [0.5, 0.6) is 5.75 Å². The standard InChI is InChI=1S/C16H21N3O3S/c1-12-10-18-16(19-11-12)9-15(23(17,20)21)8-5-13-3-6-14(22-2)7-4-13/h3-4,6-7,10-11,15H,5,8-9H2,1-2H3,(H2,17,20,21). The van der Waals surface area contributed by atoms with Gasteiger partial charge in [0.1, 0.15) is 11.6 Å². The highest BCUT2D eigenvalue weighted by Crippen LogP contribution is 2.16. The van der Waals surface area contributed by atoms with E-state index in [-0.39, 0.29) is 6.42 Å². The van der Waals surface area contributed by atoms with Gasteiger partial charge in [-0.3, -0.25) is 0 Å². The second-order valence-electron chi connectivity index (χ2n) is 5.48. The van der Waals surface area contributed by atoms with Gasteiger partial charge >= 0.3 is 0 Å². The minimum Gasteiger partial charge on any atom is -0.497 e. The third kappa shape index (κ3) is 5.30. The third-order valence-corrected chi connectivity index (χ3v) is 4.95. The molecule has 0 saturated heterocycles. The molecule has 2 N–H and O–H groups in total. The Morgan fingerprint density at radius 1 is 1.17 bits per heavy atom. The van der Waals surface area contributed by atoms with Crippen LogP contribution in [0.3, 0.4) is 0 Å². The van der Waals surface area contributed by atoms with Crippen molar-refractivity contribution in [3.8, 4) is 5.75 Å². The smallest absolute Gasteiger partial charge is 0.212 e. The van der Waals surface area contributed by atoms with Crippen LogP contribution in [0, 0.1) is 6.92 Å². The average Bonchev–Trinajstić information content (AvgIpc) is 2.52. The Balaban J connectivity index is 2.05. The van der Waals surface area contributed by atoms with Gasteiger partial charge in [-0.1, -0.05) is 12.1 Å². The predicted molar refractivity (Wildman–Crippen MR) is 88.7 cm³/mol. The zero-order valence-corrected chi connectivity index (χ0v) is 14.1. The number of nitrogens with two attached hydrogens (primary N) is 1. The van der Waals surface area contributed by atoms with E-state index in [4.69, 9.17) is 9.88 Å². The van der Waals surface area contributed by atoms with E-state index in [1.54, 1.807) is 19.5 Å². The van der Waals surface area contributed by atoms with Crippen molar-refractivity contribution in [1.82, 2.24) is 9.97 Å². The third-order valence-electron chi connectivity index (χ3n) is 3.62. The summed E-state index contributed by atoms with van der Waals surface area (Å²) in [6, 6.07) is 7.54. The molecule has 6 nitrogen and oxygen atoms in total. The van der Waals surface area contributed by atoms with Crippen molar-refractivity contribution in [2.24, 2.45) is 5.14 Å². The highest BCUT2D eigenvalue weighted by Gasteiger charge is 2.23. The molecular formula is C16H21N3O3S. The fraction of sp³-hybridized carbons (Fsp3) is 0.375. The lowest BCUT2D eigenvalue weighted by Crippen LogP contribution is -2.31. The number of ether oxygens (including phenoxy) is 1. The predicted octanol–water partition coefficient (Wildman–Crippen LogP) is 1.63. The van der Waals surface area contributed by atoms with Gasteiger partial charge in [-0.2, -0.15) is 0 Å². The van der Waals surface area contributed by atoms with E-state index < -0.39 is 15.3 Å². The van der Waals surface area contributed by atoms with Gasteiger partial charge in [-0.15, -0.1) is 0 Å². The van der Waals surface area contributed by atoms with Crippen LogP contribution in [0.4, 0.5) is 0 Å². The lowest BCUT2D eigenvalue weighted by atomic mass is 10.1. The van der Waals surface area contributed by atoms with Crippen LogP contribution in [0.15, 0.2) is 36.7 Å². The van der Waals surface area contributed by atoms with E-state index in [1.807, 2.05) is 31.2 Å². The Morgan fingerprint density at radius 2 is 1.78 bits per heavy atom. The largest absolute Gasteiger partial charge is 0.497 e. The first kappa shape index (κ1) is 17.4. The van der Waals surface area contributed by atoms with Crippen LogP contribution < -0.4 is 9.88 Å². The highest BCUT2D eigenvalue weighted by atomic mass is 32.2. The van der Waals surface area contributed by atoms with Gasteiger partial charge in [0.15, 0.2) is 0 Å². The summed E-state index contributed by atoms with van der Waals surface area (Å²) in [6.07, 6.45) is 4.59.